The number of carbonyl (C=O) groups is 2. The third kappa shape index (κ3) is 3.41. The summed E-state index contributed by atoms with van der Waals surface area (Å²) < 4.78 is 16.5. The molecule has 0 radical (unpaired) electrons. The fraction of sp³-hybridized carbons (Fsp3) is 0.250. The summed E-state index contributed by atoms with van der Waals surface area (Å²) in [5.74, 6) is 0.937. The molecular weight excluding hydrogens is 362 g/mol. The van der Waals surface area contributed by atoms with Crippen molar-refractivity contribution in [3.8, 4) is 23.0 Å². The van der Waals surface area contributed by atoms with Crippen LogP contribution < -0.4 is 14.8 Å². The number of aldehydes is 1. The van der Waals surface area contributed by atoms with Crippen molar-refractivity contribution < 1.29 is 23.5 Å². The van der Waals surface area contributed by atoms with E-state index in [1.807, 2.05) is 19.0 Å². The van der Waals surface area contributed by atoms with Crippen LogP contribution in [0, 0.1) is 0 Å². The average molecular weight is 381 g/mol. The van der Waals surface area contributed by atoms with Gasteiger partial charge in [-0.05, 0) is 44.4 Å². The molecule has 2 aromatic carbocycles. The molecule has 1 aromatic heterocycles. The number of hydrogen-bond donors (Lipinski definition) is 1. The van der Waals surface area contributed by atoms with Crippen LogP contribution in [0.4, 0.5) is 5.69 Å². The molecule has 144 valence electrons. The Morgan fingerprint density at radius 1 is 1.21 bits per heavy atom. The number of ketones is 1. The van der Waals surface area contributed by atoms with Crippen LogP contribution in [0.3, 0.4) is 0 Å². The van der Waals surface area contributed by atoms with Crippen LogP contribution in [0.15, 0.2) is 34.7 Å². The molecular formula is C20H19N3O5. The molecule has 0 bridgehead atoms. The Balaban J connectivity index is 1.74. The van der Waals surface area contributed by atoms with Gasteiger partial charge < -0.3 is 24.1 Å². The van der Waals surface area contributed by atoms with Crippen LogP contribution in [0.2, 0.25) is 0 Å². The van der Waals surface area contributed by atoms with E-state index in [-0.39, 0.29) is 24.2 Å². The van der Waals surface area contributed by atoms with Crippen LogP contribution in [-0.4, -0.2) is 55.9 Å². The van der Waals surface area contributed by atoms with E-state index >= 15 is 0 Å². The molecule has 0 amide bonds. The number of anilines is 1. The fourth-order valence-corrected chi connectivity index (χ4v) is 2.96. The zero-order valence-electron chi connectivity index (χ0n) is 15.5. The molecule has 1 aliphatic rings. The first kappa shape index (κ1) is 18.0. The lowest BCUT2D eigenvalue weighted by Crippen LogP contribution is -2.20. The van der Waals surface area contributed by atoms with Gasteiger partial charge in [-0.25, -0.2) is 4.98 Å². The zero-order chi connectivity index (χ0) is 19.7. The summed E-state index contributed by atoms with van der Waals surface area (Å²) in [4.78, 5) is 29.8. The molecule has 1 N–H and O–H groups in total. The quantitative estimate of drug-likeness (QED) is 0.379. The van der Waals surface area contributed by atoms with E-state index in [9.17, 15) is 9.59 Å². The Morgan fingerprint density at radius 2 is 2.04 bits per heavy atom. The van der Waals surface area contributed by atoms with E-state index in [1.165, 1.54) is 0 Å². The van der Waals surface area contributed by atoms with E-state index in [2.05, 4.69) is 10.3 Å². The van der Waals surface area contributed by atoms with Gasteiger partial charge in [0, 0.05) is 24.3 Å². The van der Waals surface area contributed by atoms with Crippen molar-refractivity contribution in [1.82, 2.24) is 9.88 Å². The lowest BCUT2D eigenvalue weighted by molar-refractivity contribution is -0.104. The van der Waals surface area contributed by atoms with Crippen LogP contribution in [0.25, 0.3) is 22.6 Å². The molecule has 0 aliphatic carbocycles. The molecule has 2 heterocycles. The van der Waals surface area contributed by atoms with Crippen molar-refractivity contribution in [2.45, 2.75) is 0 Å². The van der Waals surface area contributed by atoms with E-state index in [0.29, 0.717) is 40.7 Å². The van der Waals surface area contributed by atoms with E-state index < -0.39 is 5.78 Å². The van der Waals surface area contributed by atoms with Crippen molar-refractivity contribution in [3.63, 3.8) is 0 Å². The van der Waals surface area contributed by atoms with Gasteiger partial charge in [-0.2, -0.15) is 0 Å². The molecule has 0 fully saturated rings. The maximum Gasteiger partial charge on any atom is 0.231 e. The number of ether oxygens (including phenoxy) is 2. The number of aromatic nitrogens is 1. The standard InChI is InChI=1S/C20H19N3O5/c1-23(2)6-5-21-13-8-14(16(25)10-24)19-15(9-13)22-20(28-19)12-3-4-17-18(7-12)27-11-26-17/h3-4,7-10,21H,5-6,11H2,1-2H3. The Hall–Kier alpha value is -3.39. The van der Waals surface area contributed by atoms with Gasteiger partial charge in [0.2, 0.25) is 18.5 Å². The summed E-state index contributed by atoms with van der Waals surface area (Å²) >= 11 is 0. The van der Waals surface area contributed by atoms with Crippen LogP contribution in [0.5, 0.6) is 11.5 Å². The third-order valence-corrected chi connectivity index (χ3v) is 4.37. The van der Waals surface area contributed by atoms with Gasteiger partial charge in [-0.15, -0.1) is 0 Å². The highest BCUT2D eigenvalue weighted by Crippen LogP contribution is 2.37. The maximum absolute atomic E-state index is 12.1. The van der Waals surface area contributed by atoms with Crippen molar-refractivity contribution in [2.75, 3.05) is 39.3 Å². The zero-order valence-corrected chi connectivity index (χ0v) is 15.5. The summed E-state index contributed by atoms with van der Waals surface area (Å²) in [5.41, 5.74) is 2.34. The number of hydrogen-bond acceptors (Lipinski definition) is 8. The number of nitrogens with zero attached hydrogens (tertiary/aromatic N) is 2. The Kier molecular flexibility index (Phi) is 4.70. The minimum atomic E-state index is -0.658. The number of benzene rings is 2. The smallest absolute Gasteiger partial charge is 0.231 e. The second-order valence-corrected chi connectivity index (χ2v) is 6.67. The van der Waals surface area contributed by atoms with Gasteiger partial charge in [-0.3, -0.25) is 9.59 Å². The van der Waals surface area contributed by atoms with E-state index in [1.54, 1.807) is 30.3 Å². The number of oxazole rings is 1. The molecule has 0 saturated heterocycles. The topological polar surface area (TPSA) is 93.9 Å². The Labute approximate surface area is 161 Å². The first-order valence-corrected chi connectivity index (χ1v) is 8.78. The highest BCUT2D eigenvalue weighted by Gasteiger charge is 2.20. The maximum atomic E-state index is 12.1. The second-order valence-electron chi connectivity index (χ2n) is 6.67. The molecule has 8 nitrogen and oxygen atoms in total. The van der Waals surface area contributed by atoms with Gasteiger partial charge in [0.05, 0.1) is 5.56 Å². The van der Waals surface area contributed by atoms with Gasteiger partial charge in [0.15, 0.2) is 23.4 Å². The number of rotatable bonds is 7. The van der Waals surface area contributed by atoms with Crippen LogP contribution >= 0.6 is 0 Å². The van der Waals surface area contributed by atoms with Gasteiger partial charge in [0.1, 0.15) is 5.52 Å². The predicted octanol–water partition coefficient (Wildman–Crippen LogP) is 2.58. The largest absolute Gasteiger partial charge is 0.454 e. The van der Waals surface area contributed by atoms with Crippen LogP contribution in [0.1, 0.15) is 10.4 Å². The van der Waals surface area contributed by atoms with Crippen molar-refractivity contribution in [2.24, 2.45) is 0 Å². The summed E-state index contributed by atoms with van der Waals surface area (Å²) in [5, 5.41) is 3.24. The first-order valence-electron chi connectivity index (χ1n) is 8.78. The molecule has 0 unspecified atom stereocenters. The Morgan fingerprint density at radius 3 is 2.82 bits per heavy atom. The molecule has 28 heavy (non-hydrogen) atoms. The van der Waals surface area contributed by atoms with Crippen LogP contribution in [-0.2, 0) is 4.79 Å². The molecule has 0 atom stereocenters. The lowest BCUT2D eigenvalue weighted by atomic mass is 10.1. The van der Waals surface area contributed by atoms with Gasteiger partial charge >= 0.3 is 0 Å². The lowest BCUT2D eigenvalue weighted by Gasteiger charge is -2.11. The highest BCUT2D eigenvalue weighted by molar-refractivity contribution is 6.36. The molecule has 4 rings (SSSR count). The Bertz CT molecular complexity index is 1060. The van der Waals surface area contributed by atoms with Crippen molar-refractivity contribution in [1.29, 1.82) is 0 Å². The van der Waals surface area contributed by atoms with Crippen molar-refractivity contribution >= 4 is 28.9 Å². The molecule has 3 aromatic rings. The molecule has 0 spiro atoms. The van der Waals surface area contributed by atoms with Crippen molar-refractivity contribution in [3.05, 3.63) is 35.9 Å². The minimum absolute atomic E-state index is 0.173. The summed E-state index contributed by atoms with van der Waals surface area (Å²) in [6.45, 7) is 1.67. The molecule has 0 saturated carbocycles. The monoisotopic (exact) mass is 381 g/mol. The number of likely N-dealkylation sites (N-methyl/N-ethyl adjacent to an activating group) is 1. The number of fused-ring (bicyclic) bond motifs is 2. The SMILES string of the molecule is CN(C)CCNc1cc(C(=O)C=O)c2oc(-c3ccc4c(c3)OCO4)nc2c1. The molecule has 1 aliphatic heterocycles. The minimum Gasteiger partial charge on any atom is -0.454 e. The third-order valence-electron chi connectivity index (χ3n) is 4.37. The van der Waals surface area contributed by atoms with Gasteiger partial charge in [0.25, 0.3) is 0 Å². The number of nitrogens with one attached hydrogen (secondary N) is 1. The van der Waals surface area contributed by atoms with E-state index in [0.717, 1.165) is 6.54 Å². The molecule has 8 heteroatoms. The number of carbonyl (C=O) groups excluding carboxylic acids is 2. The number of Topliss-reactive ketones (excluding diaryl/α,β-unsaturated/α-hetero) is 1. The first-order chi connectivity index (χ1) is 13.5. The normalized spacial score (nSPS) is 12.5. The van der Waals surface area contributed by atoms with E-state index in [4.69, 9.17) is 13.9 Å². The summed E-state index contributed by atoms with van der Waals surface area (Å²) in [7, 11) is 3.95. The van der Waals surface area contributed by atoms with Gasteiger partial charge in [-0.1, -0.05) is 0 Å². The average Bonchev–Trinajstić information content (AvgIpc) is 3.32. The summed E-state index contributed by atoms with van der Waals surface area (Å²) in [6, 6.07) is 8.76. The summed E-state index contributed by atoms with van der Waals surface area (Å²) in [6.07, 6.45) is 0.279. The highest BCUT2D eigenvalue weighted by atomic mass is 16.7. The predicted molar refractivity (Wildman–Crippen MR) is 103 cm³/mol. The second kappa shape index (κ2) is 7.32. The fourth-order valence-electron chi connectivity index (χ4n) is 2.96.